The Labute approximate surface area is 185 Å². The number of thiophene rings is 1. The van der Waals surface area contributed by atoms with Crippen molar-refractivity contribution in [3.63, 3.8) is 0 Å². The van der Waals surface area contributed by atoms with Crippen molar-refractivity contribution in [2.24, 2.45) is 0 Å². The monoisotopic (exact) mass is 442 g/mol. The predicted octanol–water partition coefficient (Wildman–Crippen LogP) is 3.00. The van der Waals surface area contributed by atoms with E-state index in [-0.39, 0.29) is 25.0 Å². The molecule has 8 nitrogen and oxygen atoms in total. The van der Waals surface area contributed by atoms with E-state index in [1.807, 2.05) is 46.8 Å². The third-order valence-corrected chi connectivity index (χ3v) is 6.06. The molecule has 31 heavy (non-hydrogen) atoms. The van der Waals surface area contributed by atoms with Gasteiger partial charge in [0, 0.05) is 39.3 Å². The summed E-state index contributed by atoms with van der Waals surface area (Å²) >= 11 is 1.64. The maximum absolute atomic E-state index is 12.8. The Bertz CT molecular complexity index is 1010. The van der Waals surface area contributed by atoms with Crippen LogP contribution in [0.3, 0.4) is 0 Å². The first-order valence-electron chi connectivity index (χ1n) is 10.4. The molecule has 0 aliphatic carbocycles. The molecule has 4 rings (SSSR count). The van der Waals surface area contributed by atoms with Crippen LogP contribution in [0.5, 0.6) is 0 Å². The molecule has 0 N–H and O–H groups in total. The fraction of sp³-hybridized carbons (Fsp3) is 0.409. The maximum atomic E-state index is 12.8. The third-order valence-electron chi connectivity index (χ3n) is 5.17. The van der Waals surface area contributed by atoms with E-state index in [0.29, 0.717) is 18.8 Å². The van der Waals surface area contributed by atoms with Gasteiger partial charge in [-0.3, -0.25) is 19.2 Å². The second kappa shape index (κ2) is 9.93. The number of amides is 1. The fourth-order valence-corrected chi connectivity index (χ4v) is 4.29. The summed E-state index contributed by atoms with van der Waals surface area (Å²) in [5.74, 6) is 1.23. The molecule has 3 aromatic rings. The number of hydrogen-bond acceptors (Lipinski definition) is 7. The van der Waals surface area contributed by atoms with E-state index in [1.165, 1.54) is 6.92 Å². The summed E-state index contributed by atoms with van der Waals surface area (Å²) in [7, 11) is 0. The molecule has 164 valence electrons. The molecule has 0 atom stereocenters. The van der Waals surface area contributed by atoms with E-state index in [2.05, 4.69) is 10.00 Å². The Balaban J connectivity index is 1.27. The minimum atomic E-state index is -0.326. The minimum absolute atomic E-state index is 0.0874. The molecule has 0 saturated carbocycles. The standard InChI is InChI=1S/C22H26N4O4S/c1-17(27)29-16-19-6-5-18(30-19)14-24-8-3-9-25(12-11-24)22(28)15-26-10-7-20(23-26)21-4-2-13-31-21/h2,4-7,10,13H,3,8-9,11-12,14-16H2,1H3. The molecule has 1 fully saturated rings. The number of carbonyl (C=O) groups is 2. The second-order valence-corrected chi connectivity index (χ2v) is 8.48. The van der Waals surface area contributed by atoms with Gasteiger partial charge in [0.25, 0.3) is 0 Å². The fourth-order valence-electron chi connectivity index (χ4n) is 3.60. The van der Waals surface area contributed by atoms with E-state index in [1.54, 1.807) is 16.0 Å². The number of nitrogens with zero attached hydrogens (tertiary/aromatic N) is 4. The lowest BCUT2D eigenvalue weighted by molar-refractivity contribution is -0.142. The lowest BCUT2D eigenvalue weighted by atomic mass is 10.3. The van der Waals surface area contributed by atoms with Gasteiger partial charge in [-0.05, 0) is 36.1 Å². The molecule has 4 heterocycles. The van der Waals surface area contributed by atoms with Crippen molar-refractivity contribution in [1.82, 2.24) is 19.6 Å². The quantitative estimate of drug-likeness (QED) is 0.524. The molecule has 9 heteroatoms. The van der Waals surface area contributed by atoms with Gasteiger partial charge < -0.3 is 14.1 Å². The van der Waals surface area contributed by atoms with Gasteiger partial charge in [0.1, 0.15) is 30.4 Å². The smallest absolute Gasteiger partial charge is 0.303 e. The first-order valence-corrected chi connectivity index (χ1v) is 11.2. The predicted molar refractivity (Wildman–Crippen MR) is 116 cm³/mol. The maximum Gasteiger partial charge on any atom is 0.303 e. The van der Waals surface area contributed by atoms with Gasteiger partial charge in [0.2, 0.25) is 5.91 Å². The van der Waals surface area contributed by atoms with Crippen LogP contribution >= 0.6 is 11.3 Å². The largest absolute Gasteiger partial charge is 0.461 e. The third kappa shape index (κ3) is 5.83. The van der Waals surface area contributed by atoms with Crippen molar-refractivity contribution in [1.29, 1.82) is 0 Å². The van der Waals surface area contributed by atoms with Crippen LogP contribution in [-0.4, -0.2) is 57.6 Å². The van der Waals surface area contributed by atoms with Crippen molar-refractivity contribution in [3.8, 4) is 10.6 Å². The number of furan rings is 1. The van der Waals surface area contributed by atoms with Gasteiger partial charge in [-0.1, -0.05) is 6.07 Å². The summed E-state index contributed by atoms with van der Waals surface area (Å²) in [5, 5.41) is 6.56. The molecule has 0 bridgehead atoms. The Morgan fingerprint density at radius 1 is 1.13 bits per heavy atom. The van der Waals surface area contributed by atoms with Crippen LogP contribution < -0.4 is 0 Å². The molecule has 1 saturated heterocycles. The lowest BCUT2D eigenvalue weighted by Crippen LogP contribution is -2.37. The van der Waals surface area contributed by atoms with Crippen LogP contribution in [0.15, 0.2) is 46.3 Å². The minimum Gasteiger partial charge on any atom is -0.461 e. The van der Waals surface area contributed by atoms with Gasteiger partial charge >= 0.3 is 5.97 Å². The molecular formula is C22H26N4O4S. The van der Waals surface area contributed by atoms with Crippen molar-refractivity contribution in [2.75, 3.05) is 26.2 Å². The number of aromatic nitrogens is 2. The van der Waals surface area contributed by atoms with Crippen molar-refractivity contribution in [3.05, 3.63) is 53.4 Å². The Kier molecular flexibility index (Phi) is 6.83. The van der Waals surface area contributed by atoms with Crippen LogP contribution in [0.2, 0.25) is 0 Å². The second-order valence-electron chi connectivity index (χ2n) is 7.53. The molecule has 0 aromatic carbocycles. The van der Waals surface area contributed by atoms with Gasteiger partial charge in [-0.2, -0.15) is 5.10 Å². The molecule has 1 aliphatic rings. The van der Waals surface area contributed by atoms with Crippen LogP contribution in [0.25, 0.3) is 10.6 Å². The topological polar surface area (TPSA) is 80.8 Å². The van der Waals surface area contributed by atoms with Crippen LogP contribution in [0, 0.1) is 0 Å². The Hall–Kier alpha value is -2.91. The zero-order chi connectivity index (χ0) is 21.6. The number of esters is 1. The van der Waals surface area contributed by atoms with Crippen LogP contribution in [-0.2, 0) is 34.0 Å². The SMILES string of the molecule is CC(=O)OCc1ccc(CN2CCCN(C(=O)Cn3ccc(-c4cccs4)n3)CC2)o1. The molecular weight excluding hydrogens is 416 g/mol. The van der Waals surface area contributed by atoms with E-state index in [0.717, 1.165) is 42.4 Å². The number of carbonyl (C=O) groups excluding carboxylic acids is 2. The first kappa shape index (κ1) is 21.3. The summed E-state index contributed by atoms with van der Waals surface area (Å²) in [4.78, 5) is 29.0. The van der Waals surface area contributed by atoms with Gasteiger partial charge in [0.15, 0.2) is 0 Å². The molecule has 1 amide bonds. The number of ether oxygens (including phenoxy) is 1. The summed E-state index contributed by atoms with van der Waals surface area (Å²) < 4.78 is 12.4. The van der Waals surface area contributed by atoms with E-state index >= 15 is 0 Å². The number of hydrogen-bond donors (Lipinski definition) is 0. The lowest BCUT2D eigenvalue weighted by Gasteiger charge is -2.21. The average Bonchev–Trinajstić information content (AvgIpc) is 3.48. The average molecular weight is 443 g/mol. The highest BCUT2D eigenvalue weighted by Crippen LogP contribution is 2.22. The molecule has 0 unspecified atom stereocenters. The van der Waals surface area contributed by atoms with Gasteiger partial charge in [-0.25, -0.2) is 0 Å². The molecule has 1 aliphatic heterocycles. The summed E-state index contributed by atoms with van der Waals surface area (Å²) in [5.41, 5.74) is 0.899. The van der Waals surface area contributed by atoms with Crippen LogP contribution in [0.4, 0.5) is 0 Å². The Morgan fingerprint density at radius 3 is 2.81 bits per heavy atom. The van der Waals surface area contributed by atoms with Crippen molar-refractivity contribution in [2.45, 2.75) is 33.0 Å². The van der Waals surface area contributed by atoms with Crippen molar-refractivity contribution >= 4 is 23.2 Å². The zero-order valence-corrected chi connectivity index (χ0v) is 18.3. The summed E-state index contributed by atoms with van der Waals surface area (Å²) in [6.07, 6.45) is 2.77. The molecule has 0 radical (unpaired) electrons. The normalized spacial score (nSPS) is 15.1. The van der Waals surface area contributed by atoms with E-state index in [9.17, 15) is 9.59 Å². The van der Waals surface area contributed by atoms with E-state index in [4.69, 9.17) is 9.15 Å². The Morgan fingerprint density at radius 2 is 2.00 bits per heavy atom. The number of rotatable bonds is 7. The molecule has 3 aromatic heterocycles. The highest BCUT2D eigenvalue weighted by atomic mass is 32.1. The van der Waals surface area contributed by atoms with Crippen LogP contribution in [0.1, 0.15) is 24.9 Å². The highest BCUT2D eigenvalue weighted by molar-refractivity contribution is 7.13. The van der Waals surface area contributed by atoms with Gasteiger partial charge in [-0.15, -0.1) is 11.3 Å². The molecule has 0 spiro atoms. The van der Waals surface area contributed by atoms with Gasteiger partial charge in [0.05, 0.1) is 11.4 Å². The first-order chi connectivity index (χ1) is 15.1. The summed E-state index contributed by atoms with van der Waals surface area (Å²) in [6.45, 7) is 5.55. The van der Waals surface area contributed by atoms with Crippen molar-refractivity contribution < 1.29 is 18.7 Å². The van der Waals surface area contributed by atoms with E-state index < -0.39 is 0 Å². The summed E-state index contributed by atoms with van der Waals surface area (Å²) in [6, 6.07) is 9.72. The highest BCUT2D eigenvalue weighted by Gasteiger charge is 2.20. The zero-order valence-electron chi connectivity index (χ0n) is 17.5.